The summed E-state index contributed by atoms with van der Waals surface area (Å²) in [5.74, 6) is -0.323. The molecule has 3 N–H and O–H groups in total. The molecule has 0 bridgehead atoms. The summed E-state index contributed by atoms with van der Waals surface area (Å²) in [5, 5.41) is 13.0. The molecule has 1 fully saturated rings. The monoisotopic (exact) mass is 599 g/mol. The molecule has 0 radical (unpaired) electrons. The van der Waals surface area contributed by atoms with Crippen LogP contribution in [0.15, 0.2) is 93.4 Å². The highest BCUT2D eigenvalue weighted by molar-refractivity contribution is 7.94. The summed E-state index contributed by atoms with van der Waals surface area (Å²) >= 11 is 1.11. The highest BCUT2D eigenvalue weighted by Crippen LogP contribution is 2.29. The number of fused-ring (bicyclic) bond motifs is 1. The first-order valence-corrected chi connectivity index (χ1v) is 15.8. The minimum Gasteiger partial charge on any atom is -0.494 e. The number of benzene rings is 3. The number of nitrogens with one attached hydrogen (secondary N) is 2. The molecule has 5 aromatic rings. The third-order valence-electron chi connectivity index (χ3n) is 7.28. The lowest BCUT2D eigenvalue weighted by atomic mass is 10.0. The Kier molecular flexibility index (Phi) is 7.55. The summed E-state index contributed by atoms with van der Waals surface area (Å²) in [6, 6.07) is 22.7. The third-order valence-corrected chi connectivity index (χ3v) is 10.1. The molecule has 9 nitrogen and oxygen atoms in total. The van der Waals surface area contributed by atoms with Crippen molar-refractivity contribution in [2.45, 2.75) is 4.21 Å². The number of anilines is 2. The molecule has 6 rings (SSSR count). The minimum atomic E-state index is -3.73. The number of aromatic amines is 1. The number of aromatic nitrogens is 1. The van der Waals surface area contributed by atoms with Crippen LogP contribution in [-0.2, 0) is 10.0 Å². The fourth-order valence-corrected chi connectivity index (χ4v) is 6.98. The summed E-state index contributed by atoms with van der Waals surface area (Å²) in [6.45, 7) is 4.06. The van der Waals surface area contributed by atoms with Gasteiger partial charge in [-0.1, -0.05) is 30.3 Å². The van der Waals surface area contributed by atoms with Crippen LogP contribution >= 0.6 is 11.3 Å². The second-order valence-electron chi connectivity index (χ2n) is 10.2. The van der Waals surface area contributed by atoms with Gasteiger partial charge in [-0.2, -0.15) is 0 Å². The summed E-state index contributed by atoms with van der Waals surface area (Å²) in [6.07, 6.45) is 1.61. The van der Waals surface area contributed by atoms with Crippen LogP contribution in [0.1, 0.15) is 21.5 Å². The molecule has 0 spiro atoms. The molecule has 1 aliphatic rings. The molecule has 0 atom stereocenters. The van der Waals surface area contributed by atoms with E-state index >= 15 is 0 Å². The maximum atomic E-state index is 13.3. The topological polar surface area (TPSA) is 118 Å². The molecule has 1 saturated heterocycles. The fraction of sp³-hybridized carbons (Fsp3) is 0.161. The van der Waals surface area contributed by atoms with E-state index in [1.54, 1.807) is 54.1 Å². The first-order chi connectivity index (χ1) is 20.3. The number of aromatic hydroxyl groups is 1. The van der Waals surface area contributed by atoms with E-state index in [2.05, 4.69) is 43.7 Å². The van der Waals surface area contributed by atoms with Gasteiger partial charge in [0.05, 0.1) is 11.3 Å². The van der Waals surface area contributed by atoms with Crippen LogP contribution in [0.25, 0.3) is 10.9 Å². The van der Waals surface area contributed by atoms with Crippen LogP contribution in [0, 0.1) is 0 Å². The van der Waals surface area contributed by atoms with Gasteiger partial charge in [-0.25, -0.2) is 8.42 Å². The number of hydrogen-bond donors (Lipinski definition) is 3. The maximum Gasteiger partial charge on any atom is 0.271 e. The number of carbonyl (C=O) groups is 1. The van der Waals surface area contributed by atoms with Gasteiger partial charge < -0.3 is 19.9 Å². The van der Waals surface area contributed by atoms with Crippen LogP contribution in [0.4, 0.5) is 17.1 Å². The van der Waals surface area contributed by atoms with Crippen LogP contribution < -0.4 is 9.62 Å². The Morgan fingerprint density at radius 2 is 1.74 bits per heavy atom. The van der Waals surface area contributed by atoms with Crippen LogP contribution in [-0.4, -0.2) is 68.6 Å². The van der Waals surface area contributed by atoms with E-state index in [1.807, 2.05) is 12.1 Å². The molecule has 0 aliphatic carbocycles. The van der Waals surface area contributed by atoms with Crippen LogP contribution in [0.5, 0.6) is 5.88 Å². The van der Waals surface area contributed by atoms with Crippen molar-refractivity contribution < 1.29 is 18.3 Å². The van der Waals surface area contributed by atoms with Gasteiger partial charge in [-0.3, -0.25) is 14.5 Å². The Labute approximate surface area is 247 Å². The van der Waals surface area contributed by atoms with Crippen molar-refractivity contribution in [3.63, 3.8) is 0 Å². The van der Waals surface area contributed by atoms with Gasteiger partial charge in [-0.05, 0) is 61.0 Å². The van der Waals surface area contributed by atoms with E-state index in [9.17, 15) is 18.3 Å². The number of nitrogens with zero attached hydrogens (tertiary/aromatic N) is 3. The molecular weight excluding hydrogens is 571 g/mol. The molecule has 214 valence electrons. The van der Waals surface area contributed by atoms with Crippen molar-refractivity contribution in [2.75, 3.05) is 42.8 Å². The predicted molar refractivity (Wildman–Crippen MR) is 168 cm³/mol. The number of thiophene rings is 1. The lowest BCUT2D eigenvalue weighted by Crippen LogP contribution is -2.44. The second kappa shape index (κ2) is 11.4. The zero-order valence-corrected chi connectivity index (χ0v) is 24.5. The molecular formula is C31H29N5O4S2. The lowest BCUT2D eigenvalue weighted by molar-refractivity contribution is 0.103. The van der Waals surface area contributed by atoms with Crippen molar-refractivity contribution >= 4 is 61.3 Å². The third kappa shape index (κ3) is 5.80. The number of H-pyrrole nitrogens is 1. The van der Waals surface area contributed by atoms with Gasteiger partial charge in [0.15, 0.2) is 11.7 Å². The second-order valence-corrected chi connectivity index (χ2v) is 13.0. The number of piperazine rings is 1. The molecule has 2 aromatic heterocycles. The van der Waals surface area contributed by atoms with Crippen LogP contribution in [0.3, 0.4) is 0 Å². The van der Waals surface area contributed by atoms with Crippen molar-refractivity contribution in [1.29, 1.82) is 0 Å². The molecule has 3 heterocycles. The van der Waals surface area contributed by atoms with Crippen molar-refractivity contribution in [1.82, 2.24) is 9.88 Å². The Bertz CT molecular complexity index is 1870. The van der Waals surface area contributed by atoms with Crippen molar-refractivity contribution in [3.05, 3.63) is 101 Å². The van der Waals surface area contributed by atoms with E-state index in [0.29, 0.717) is 27.9 Å². The number of carbonyl (C=O) groups excluding carboxylic acids is 1. The SMILES string of the molecule is CN1CCN(c2ccc(N=Cc3c(O)[nH]c4cc(C(=O)c5cccc(NS(=O)(=O)c6cccs6)c5)ccc34)cc2)CC1. The van der Waals surface area contributed by atoms with E-state index in [1.165, 1.54) is 17.8 Å². The van der Waals surface area contributed by atoms with E-state index in [4.69, 9.17) is 0 Å². The highest BCUT2D eigenvalue weighted by Gasteiger charge is 2.18. The quantitative estimate of drug-likeness (QED) is 0.161. The Morgan fingerprint density at radius 1 is 0.976 bits per heavy atom. The highest BCUT2D eigenvalue weighted by atomic mass is 32.2. The Hall–Kier alpha value is -4.45. The number of sulfonamides is 1. The Balaban J connectivity index is 1.19. The zero-order chi connectivity index (χ0) is 29.3. The van der Waals surface area contributed by atoms with Crippen molar-refractivity contribution in [2.24, 2.45) is 4.99 Å². The predicted octanol–water partition coefficient (Wildman–Crippen LogP) is 5.47. The largest absolute Gasteiger partial charge is 0.494 e. The number of rotatable bonds is 8. The van der Waals surface area contributed by atoms with Gasteiger partial charge in [-0.15, -0.1) is 11.3 Å². The molecule has 0 saturated carbocycles. The van der Waals surface area contributed by atoms with Gasteiger partial charge in [0.2, 0.25) is 0 Å². The van der Waals surface area contributed by atoms with Crippen molar-refractivity contribution in [3.8, 4) is 5.88 Å². The molecule has 3 aromatic carbocycles. The van der Waals surface area contributed by atoms with Crippen LogP contribution in [0.2, 0.25) is 0 Å². The van der Waals surface area contributed by atoms with E-state index in [0.717, 1.165) is 48.6 Å². The summed E-state index contributed by atoms with van der Waals surface area (Å²) in [4.78, 5) is 25.5. The standard InChI is InChI=1S/C31H29N5O4S2/c1-35-13-15-36(16-14-35)25-10-8-23(9-11-25)32-20-27-26-12-7-22(19-28(26)33-31(27)38)30(37)21-4-2-5-24(18-21)34-42(39,40)29-6-3-17-41-29/h2-12,17-20,33-34,38H,13-16H2,1H3. The fourth-order valence-electron chi connectivity index (χ4n) is 4.94. The number of hydrogen-bond acceptors (Lipinski definition) is 8. The first kappa shape index (κ1) is 27.7. The zero-order valence-electron chi connectivity index (χ0n) is 22.8. The number of likely N-dealkylation sites (N-methyl/N-ethyl adjacent to an activating group) is 1. The normalized spacial score (nSPS) is 14.5. The van der Waals surface area contributed by atoms with Gasteiger partial charge in [0, 0.05) is 65.8 Å². The number of aliphatic imine (C=N–C) groups is 1. The van der Waals surface area contributed by atoms with E-state index < -0.39 is 10.0 Å². The lowest BCUT2D eigenvalue weighted by Gasteiger charge is -2.34. The molecule has 42 heavy (non-hydrogen) atoms. The van der Waals surface area contributed by atoms with Gasteiger partial charge in [0.1, 0.15) is 4.21 Å². The molecule has 0 unspecified atom stereocenters. The molecule has 1 aliphatic heterocycles. The summed E-state index contributed by atoms with van der Waals surface area (Å²) < 4.78 is 27.9. The number of ketones is 1. The van der Waals surface area contributed by atoms with Gasteiger partial charge in [0.25, 0.3) is 10.0 Å². The molecule has 0 amide bonds. The Morgan fingerprint density at radius 3 is 2.48 bits per heavy atom. The smallest absolute Gasteiger partial charge is 0.271 e. The summed E-state index contributed by atoms with van der Waals surface area (Å²) in [7, 11) is -1.60. The summed E-state index contributed by atoms with van der Waals surface area (Å²) in [5.41, 5.74) is 4.06. The van der Waals surface area contributed by atoms with Gasteiger partial charge >= 0.3 is 0 Å². The molecule has 11 heteroatoms. The average molecular weight is 600 g/mol. The average Bonchev–Trinajstić information content (AvgIpc) is 3.65. The van der Waals surface area contributed by atoms with E-state index in [-0.39, 0.29) is 15.9 Å². The maximum absolute atomic E-state index is 13.3. The minimum absolute atomic E-state index is 0.0441. The first-order valence-electron chi connectivity index (χ1n) is 13.4.